The van der Waals surface area contributed by atoms with Gasteiger partial charge in [-0.05, 0) is 32.0 Å². The molecule has 0 aliphatic carbocycles. The number of thioether (sulfide) groups is 1. The van der Waals surface area contributed by atoms with E-state index in [2.05, 4.69) is 15.0 Å². The summed E-state index contributed by atoms with van der Waals surface area (Å²) in [4.78, 5) is 41.6. The van der Waals surface area contributed by atoms with Gasteiger partial charge in [0.05, 0.1) is 34.7 Å². The minimum absolute atomic E-state index is 0.00351. The normalized spacial score (nSPS) is 20.7. The minimum atomic E-state index is -4.75. The number of rotatable bonds is 4. The Labute approximate surface area is 256 Å². The number of nitrogens with zero attached hydrogens (tertiary/aromatic N) is 6. The van der Waals surface area contributed by atoms with Crippen molar-refractivity contribution in [1.29, 1.82) is 0 Å². The number of benzene rings is 1. The van der Waals surface area contributed by atoms with E-state index in [-0.39, 0.29) is 53.1 Å². The smallest absolute Gasteiger partial charge is 0.417 e. The standard InChI is InChI=1S/C27H24ClF3N6O4S2/c1-13-8-35(9-14(2)37(13)26(39)40)23-17-7-18(27(29,30)31)20(19-6-15(28)11-42-19)22-21(17)36(25(38)34-23)10-16(12-43-22)41-24-32-4-3-5-33-24/h3-7,11,13-14,16H,8-10,12H2,1-2H3,(H,39,40)/t13-,14+,16-/m0/s1. The van der Waals surface area contributed by atoms with Crippen molar-refractivity contribution in [2.24, 2.45) is 0 Å². The highest BCUT2D eigenvalue weighted by Gasteiger charge is 2.40. The molecule has 10 nitrogen and oxygen atoms in total. The zero-order chi connectivity index (χ0) is 30.6. The van der Waals surface area contributed by atoms with Gasteiger partial charge in [0.1, 0.15) is 11.9 Å². The summed E-state index contributed by atoms with van der Waals surface area (Å²) < 4.78 is 51.8. The molecule has 1 fully saturated rings. The molecule has 3 atom stereocenters. The van der Waals surface area contributed by atoms with Crippen LogP contribution in [0.2, 0.25) is 5.02 Å². The van der Waals surface area contributed by atoms with Crippen LogP contribution in [0.4, 0.5) is 23.8 Å². The summed E-state index contributed by atoms with van der Waals surface area (Å²) in [5.41, 5.74) is -1.31. The molecule has 3 aromatic heterocycles. The van der Waals surface area contributed by atoms with Gasteiger partial charge >= 0.3 is 24.0 Å². The summed E-state index contributed by atoms with van der Waals surface area (Å²) in [5, 5.41) is 11.7. The zero-order valence-electron chi connectivity index (χ0n) is 22.7. The van der Waals surface area contributed by atoms with Crippen LogP contribution in [0.3, 0.4) is 0 Å². The maximum Gasteiger partial charge on any atom is 0.417 e. The number of anilines is 1. The second-order valence-corrected chi connectivity index (χ2v) is 12.7. The predicted molar refractivity (Wildman–Crippen MR) is 158 cm³/mol. The largest absolute Gasteiger partial charge is 0.465 e. The lowest BCUT2D eigenvalue weighted by molar-refractivity contribution is -0.137. The van der Waals surface area contributed by atoms with Crippen LogP contribution in [0, 0.1) is 0 Å². The zero-order valence-corrected chi connectivity index (χ0v) is 25.1. The first-order valence-corrected chi connectivity index (χ1v) is 15.4. The molecule has 1 amide bonds. The van der Waals surface area contributed by atoms with Crippen LogP contribution in [0.15, 0.2) is 45.7 Å². The number of hydrogen-bond acceptors (Lipinski definition) is 9. The summed E-state index contributed by atoms with van der Waals surface area (Å²) in [7, 11) is 0. The number of halogens is 4. The molecule has 0 spiro atoms. The third kappa shape index (κ3) is 5.49. The number of thiophene rings is 1. The highest BCUT2D eigenvalue weighted by molar-refractivity contribution is 7.99. The number of aromatic nitrogens is 4. The second-order valence-electron chi connectivity index (χ2n) is 10.4. The Morgan fingerprint density at radius 1 is 1.14 bits per heavy atom. The molecule has 0 unspecified atom stereocenters. The monoisotopic (exact) mass is 652 g/mol. The van der Waals surface area contributed by atoms with Crippen LogP contribution in [-0.4, -0.2) is 72.6 Å². The average molecular weight is 653 g/mol. The van der Waals surface area contributed by atoms with E-state index in [4.69, 9.17) is 16.3 Å². The molecule has 1 aromatic carbocycles. The number of alkyl halides is 3. The predicted octanol–water partition coefficient (Wildman–Crippen LogP) is 5.72. The van der Waals surface area contributed by atoms with E-state index < -0.39 is 41.7 Å². The van der Waals surface area contributed by atoms with Gasteiger partial charge in [-0.1, -0.05) is 11.6 Å². The number of ether oxygens (including phenoxy) is 1. The van der Waals surface area contributed by atoms with Gasteiger partial charge in [0.25, 0.3) is 0 Å². The summed E-state index contributed by atoms with van der Waals surface area (Å²) in [6.45, 7) is 3.71. The van der Waals surface area contributed by atoms with Crippen molar-refractivity contribution in [3.8, 4) is 16.5 Å². The summed E-state index contributed by atoms with van der Waals surface area (Å²) >= 11 is 8.40. The number of carboxylic acid groups (broad SMARTS) is 1. The Kier molecular flexibility index (Phi) is 7.67. The van der Waals surface area contributed by atoms with Crippen molar-refractivity contribution in [3.63, 3.8) is 0 Å². The quantitative estimate of drug-likeness (QED) is 0.296. The first-order valence-electron chi connectivity index (χ1n) is 13.2. The van der Waals surface area contributed by atoms with Gasteiger partial charge < -0.3 is 14.7 Å². The lowest BCUT2D eigenvalue weighted by atomic mass is 10.0. The van der Waals surface area contributed by atoms with E-state index in [0.717, 1.165) is 29.2 Å². The van der Waals surface area contributed by atoms with E-state index in [9.17, 15) is 27.9 Å². The lowest BCUT2D eigenvalue weighted by Crippen LogP contribution is -2.58. The van der Waals surface area contributed by atoms with Gasteiger partial charge in [-0.15, -0.1) is 23.1 Å². The molecule has 226 valence electrons. The fourth-order valence-corrected chi connectivity index (χ4v) is 8.18. The molecule has 4 aromatic rings. The molecule has 5 heterocycles. The molecule has 0 radical (unpaired) electrons. The van der Waals surface area contributed by atoms with Crippen molar-refractivity contribution >= 4 is 57.5 Å². The molecule has 0 bridgehead atoms. The molecule has 2 aliphatic rings. The molecular formula is C27H24ClF3N6O4S2. The van der Waals surface area contributed by atoms with E-state index >= 15 is 0 Å². The lowest BCUT2D eigenvalue weighted by Gasteiger charge is -2.43. The number of carbonyl (C=O) groups is 1. The van der Waals surface area contributed by atoms with Crippen LogP contribution in [0.25, 0.3) is 21.3 Å². The van der Waals surface area contributed by atoms with Gasteiger partial charge in [0.15, 0.2) is 0 Å². The number of hydrogen-bond donors (Lipinski definition) is 1. The SMILES string of the molecule is C[C@@H]1CN(c2nc(=O)n3c4c(c(-c5cc(Cl)cs5)c(C(F)(F)F)cc24)SC[C@@H](Oc2ncccn2)C3)C[C@H](C)N1C(=O)O. The van der Waals surface area contributed by atoms with E-state index in [1.54, 1.807) is 30.2 Å². The molecule has 6 rings (SSSR count). The summed E-state index contributed by atoms with van der Waals surface area (Å²) in [6, 6.07) is 3.23. The highest BCUT2D eigenvalue weighted by Crippen LogP contribution is 2.50. The Morgan fingerprint density at radius 2 is 1.84 bits per heavy atom. The molecule has 16 heteroatoms. The molecule has 0 saturated carbocycles. The molecule has 1 saturated heterocycles. The van der Waals surface area contributed by atoms with Gasteiger partial charge in [0, 0.05) is 57.3 Å². The first kappa shape index (κ1) is 29.5. The van der Waals surface area contributed by atoms with Crippen LogP contribution < -0.4 is 15.3 Å². The van der Waals surface area contributed by atoms with Crippen molar-refractivity contribution in [3.05, 3.63) is 57.0 Å². The Morgan fingerprint density at radius 3 is 2.44 bits per heavy atom. The van der Waals surface area contributed by atoms with E-state index in [0.29, 0.717) is 15.4 Å². The maximum atomic E-state index is 14.8. The first-order chi connectivity index (χ1) is 20.4. The number of piperazine rings is 1. The average Bonchev–Trinajstić information content (AvgIpc) is 3.27. The topological polar surface area (TPSA) is 114 Å². The Hall–Kier alpha value is -3.56. The van der Waals surface area contributed by atoms with Crippen LogP contribution in [-0.2, 0) is 12.7 Å². The third-order valence-electron chi connectivity index (χ3n) is 7.37. The molecule has 2 aliphatic heterocycles. The van der Waals surface area contributed by atoms with Gasteiger partial charge in [-0.3, -0.25) is 9.47 Å². The summed E-state index contributed by atoms with van der Waals surface area (Å²) in [6.07, 6.45) is -3.51. The van der Waals surface area contributed by atoms with Crippen LogP contribution in [0.1, 0.15) is 19.4 Å². The maximum absolute atomic E-state index is 14.8. The van der Waals surface area contributed by atoms with Crippen LogP contribution in [0.5, 0.6) is 6.01 Å². The fourth-order valence-electron chi connectivity index (χ4n) is 5.73. The van der Waals surface area contributed by atoms with Crippen molar-refractivity contribution in [2.75, 3.05) is 23.7 Å². The Balaban J connectivity index is 1.59. The van der Waals surface area contributed by atoms with Gasteiger partial charge in [-0.25, -0.2) is 19.6 Å². The molecule has 43 heavy (non-hydrogen) atoms. The second kappa shape index (κ2) is 11.2. The summed E-state index contributed by atoms with van der Waals surface area (Å²) in [5.74, 6) is 0.275. The third-order valence-corrected chi connectivity index (χ3v) is 9.89. The van der Waals surface area contributed by atoms with E-state index in [1.165, 1.54) is 27.9 Å². The van der Waals surface area contributed by atoms with Crippen molar-refractivity contribution < 1.29 is 27.8 Å². The van der Waals surface area contributed by atoms with Gasteiger partial charge in [-0.2, -0.15) is 18.2 Å². The highest BCUT2D eigenvalue weighted by atomic mass is 35.5. The molecule has 1 N–H and O–H groups in total. The van der Waals surface area contributed by atoms with E-state index in [1.807, 2.05) is 0 Å². The Bertz CT molecular complexity index is 1760. The molecular weight excluding hydrogens is 629 g/mol. The fraction of sp³-hybridized carbons (Fsp3) is 0.370. The van der Waals surface area contributed by atoms with Crippen LogP contribution >= 0.6 is 34.7 Å². The van der Waals surface area contributed by atoms with Crippen molar-refractivity contribution in [2.45, 2.75) is 49.7 Å². The van der Waals surface area contributed by atoms with Crippen molar-refractivity contribution in [1.82, 2.24) is 24.4 Å². The number of amides is 1. The van der Waals surface area contributed by atoms with Gasteiger partial charge in [0.2, 0.25) is 0 Å². The minimum Gasteiger partial charge on any atom is -0.465 e.